The third-order valence-electron chi connectivity index (χ3n) is 4.36. The maximum absolute atomic E-state index is 9.63. The lowest BCUT2D eigenvalue weighted by Crippen LogP contribution is -2.30. The number of epoxide rings is 1. The molecule has 102 valence electrons. The van der Waals surface area contributed by atoms with Crippen molar-refractivity contribution in [2.45, 2.75) is 37.3 Å². The van der Waals surface area contributed by atoms with Gasteiger partial charge in [-0.05, 0) is 24.1 Å². The summed E-state index contributed by atoms with van der Waals surface area (Å²) in [7, 11) is 0. The van der Waals surface area contributed by atoms with Crippen LogP contribution in [0.4, 0.5) is 0 Å². The molecule has 0 aromatic heterocycles. The second-order valence-electron chi connectivity index (χ2n) is 5.71. The number of aliphatic hydroxyl groups is 1. The van der Waals surface area contributed by atoms with Crippen LogP contribution in [0.25, 0.3) is 0 Å². The monoisotopic (exact) mass is 262 g/mol. The second-order valence-corrected chi connectivity index (χ2v) is 5.71. The number of aliphatic hydroxyl groups excluding tert-OH is 1. The Morgan fingerprint density at radius 1 is 1.16 bits per heavy atom. The molecule has 3 aliphatic rings. The van der Waals surface area contributed by atoms with Gasteiger partial charge in [-0.15, -0.1) is 0 Å². The summed E-state index contributed by atoms with van der Waals surface area (Å²) < 4.78 is 16.8. The molecule has 3 saturated heterocycles. The SMILES string of the molecule is OC1CC2OC1CC2COc1ccc(C2CO2)cc1. The minimum absolute atomic E-state index is 0.0352. The van der Waals surface area contributed by atoms with E-state index in [1.807, 2.05) is 12.1 Å². The van der Waals surface area contributed by atoms with Gasteiger partial charge in [-0.1, -0.05) is 12.1 Å². The molecule has 3 heterocycles. The number of ether oxygens (including phenoxy) is 3. The van der Waals surface area contributed by atoms with Crippen molar-refractivity contribution in [3.8, 4) is 5.75 Å². The summed E-state index contributed by atoms with van der Waals surface area (Å²) in [6.07, 6.45) is 1.93. The Hall–Kier alpha value is -1.10. The lowest BCUT2D eigenvalue weighted by Gasteiger charge is -2.21. The first-order valence-electron chi connectivity index (χ1n) is 6.97. The second kappa shape index (κ2) is 4.47. The number of rotatable bonds is 4. The minimum Gasteiger partial charge on any atom is -0.493 e. The Labute approximate surface area is 112 Å². The molecule has 5 atom stereocenters. The van der Waals surface area contributed by atoms with Crippen molar-refractivity contribution in [3.63, 3.8) is 0 Å². The molecule has 2 bridgehead atoms. The van der Waals surface area contributed by atoms with Crippen LogP contribution in [0, 0.1) is 5.92 Å². The normalized spacial score (nSPS) is 39.5. The summed E-state index contributed by atoms with van der Waals surface area (Å²) in [6.45, 7) is 1.51. The topological polar surface area (TPSA) is 51.2 Å². The number of fused-ring (bicyclic) bond motifs is 2. The first-order valence-corrected chi connectivity index (χ1v) is 6.97. The van der Waals surface area contributed by atoms with Gasteiger partial charge in [0.15, 0.2) is 0 Å². The highest BCUT2D eigenvalue weighted by molar-refractivity contribution is 5.29. The maximum Gasteiger partial charge on any atom is 0.119 e. The van der Waals surface area contributed by atoms with Crippen LogP contribution >= 0.6 is 0 Å². The Balaban J connectivity index is 1.32. The van der Waals surface area contributed by atoms with E-state index in [1.54, 1.807) is 0 Å². The number of hydrogen-bond acceptors (Lipinski definition) is 4. The highest BCUT2D eigenvalue weighted by atomic mass is 16.6. The third kappa shape index (κ3) is 2.24. The van der Waals surface area contributed by atoms with Gasteiger partial charge in [-0.3, -0.25) is 0 Å². The molecule has 5 unspecified atom stereocenters. The van der Waals surface area contributed by atoms with Crippen LogP contribution in [0.5, 0.6) is 5.75 Å². The lowest BCUT2D eigenvalue weighted by molar-refractivity contribution is 0.0520. The zero-order chi connectivity index (χ0) is 12.8. The van der Waals surface area contributed by atoms with Crippen molar-refractivity contribution in [1.82, 2.24) is 0 Å². The Morgan fingerprint density at radius 2 is 1.95 bits per heavy atom. The van der Waals surface area contributed by atoms with Gasteiger partial charge in [-0.2, -0.15) is 0 Å². The molecule has 0 spiro atoms. The zero-order valence-electron chi connectivity index (χ0n) is 10.7. The molecule has 0 aliphatic carbocycles. The van der Waals surface area contributed by atoms with Crippen molar-refractivity contribution in [3.05, 3.63) is 29.8 Å². The van der Waals surface area contributed by atoms with Crippen molar-refractivity contribution < 1.29 is 19.3 Å². The highest BCUT2D eigenvalue weighted by Crippen LogP contribution is 2.39. The number of hydrogen-bond donors (Lipinski definition) is 1. The molecule has 3 aliphatic heterocycles. The third-order valence-corrected chi connectivity index (χ3v) is 4.36. The summed E-state index contributed by atoms with van der Waals surface area (Å²) in [5, 5.41) is 9.63. The van der Waals surface area contributed by atoms with Crippen LogP contribution in [-0.2, 0) is 9.47 Å². The lowest BCUT2D eigenvalue weighted by atomic mass is 9.88. The van der Waals surface area contributed by atoms with Crippen LogP contribution in [0.3, 0.4) is 0 Å². The molecular weight excluding hydrogens is 244 g/mol. The molecule has 0 saturated carbocycles. The quantitative estimate of drug-likeness (QED) is 0.839. The number of benzene rings is 1. The Bertz CT molecular complexity index is 452. The van der Waals surface area contributed by atoms with Crippen LogP contribution in [0.2, 0.25) is 0 Å². The van der Waals surface area contributed by atoms with E-state index in [-0.39, 0.29) is 18.3 Å². The fourth-order valence-corrected chi connectivity index (χ4v) is 3.12. The van der Waals surface area contributed by atoms with E-state index >= 15 is 0 Å². The average Bonchev–Trinajstić information content (AvgIpc) is 3.12. The predicted octanol–water partition coefficient (Wildman–Crippen LogP) is 1.68. The molecule has 1 N–H and O–H groups in total. The molecule has 1 aromatic rings. The standard InChI is InChI=1S/C15H18O4/c16-12-6-13-10(5-14(12)19-13)7-17-11-3-1-9(2-4-11)15-8-18-15/h1-4,10,12-16H,5-8H2. The molecule has 4 nitrogen and oxygen atoms in total. The van der Waals surface area contributed by atoms with Gasteiger partial charge in [0.1, 0.15) is 11.9 Å². The van der Waals surface area contributed by atoms with E-state index in [0.717, 1.165) is 25.2 Å². The van der Waals surface area contributed by atoms with Crippen molar-refractivity contribution in [1.29, 1.82) is 0 Å². The van der Waals surface area contributed by atoms with Gasteiger partial charge >= 0.3 is 0 Å². The minimum atomic E-state index is -0.265. The molecule has 0 amide bonds. The maximum atomic E-state index is 9.63. The molecule has 4 heteroatoms. The van der Waals surface area contributed by atoms with Crippen molar-refractivity contribution in [2.24, 2.45) is 5.92 Å². The summed E-state index contributed by atoms with van der Waals surface area (Å²) in [4.78, 5) is 0. The summed E-state index contributed by atoms with van der Waals surface area (Å²) in [5.74, 6) is 1.31. The molecule has 19 heavy (non-hydrogen) atoms. The van der Waals surface area contributed by atoms with E-state index in [4.69, 9.17) is 14.2 Å². The van der Waals surface area contributed by atoms with E-state index in [9.17, 15) is 5.11 Å². The summed E-state index contributed by atoms with van der Waals surface area (Å²) in [6, 6.07) is 8.13. The van der Waals surface area contributed by atoms with Crippen molar-refractivity contribution >= 4 is 0 Å². The Morgan fingerprint density at radius 3 is 2.53 bits per heavy atom. The fourth-order valence-electron chi connectivity index (χ4n) is 3.12. The highest BCUT2D eigenvalue weighted by Gasteiger charge is 2.46. The van der Waals surface area contributed by atoms with Gasteiger partial charge in [-0.25, -0.2) is 0 Å². The molecule has 0 radical (unpaired) electrons. The van der Waals surface area contributed by atoms with Crippen LogP contribution in [-0.4, -0.2) is 36.6 Å². The van der Waals surface area contributed by atoms with Crippen molar-refractivity contribution in [2.75, 3.05) is 13.2 Å². The fraction of sp³-hybridized carbons (Fsp3) is 0.600. The van der Waals surface area contributed by atoms with Gasteiger partial charge in [0.2, 0.25) is 0 Å². The van der Waals surface area contributed by atoms with Gasteiger partial charge in [0.05, 0.1) is 31.5 Å². The van der Waals surface area contributed by atoms with Gasteiger partial charge in [0.25, 0.3) is 0 Å². The van der Waals surface area contributed by atoms with E-state index in [2.05, 4.69) is 12.1 Å². The molecule has 4 rings (SSSR count). The summed E-state index contributed by atoms with van der Waals surface area (Å²) >= 11 is 0. The zero-order valence-corrected chi connectivity index (χ0v) is 10.7. The van der Waals surface area contributed by atoms with E-state index < -0.39 is 0 Å². The first-order chi connectivity index (χ1) is 9.29. The smallest absolute Gasteiger partial charge is 0.119 e. The summed E-state index contributed by atoms with van der Waals surface area (Å²) in [5.41, 5.74) is 1.22. The van der Waals surface area contributed by atoms with Crippen LogP contribution in [0.15, 0.2) is 24.3 Å². The van der Waals surface area contributed by atoms with Gasteiger partial charge in [0, 0.05) is 12.3 Å². The molecule has 3 fully saturated rings. The average molecular weight is 262 g/mol. The van der Waals surface area contributed by atoms with Gasteiger partial charge < -0.3 is 19.3 Å². The van der Waals surface area contributed by atoms with E-state index in [0.29, 0.717) is 18.6 Å². The first kappa shape index (κ1) is 11.7. The predicted molar refractivity (Wildman–Crippen MR) is 68.0 cm³/mol. The molecule has 1 aromatic carbocycles. The van der Waals surface area contributed by atoms with E-state index in [1.165, 1.54) is 5.56 Å². The van der Waals surface area contributed by atoms with Crippen LogP contribution in [0.1, 0.15) is 24.5 Å². The largest absolute Gasteiger partial charge is 0.493 e. The Kier molecular flexibility index (Phi) is 2.76. The van der Waals surface area contributed by atoms with Crippen LogP contribution < -0.4 is 4.74 Å². The molecular formula is C15H18O4.